The van der Waals surface area contributed by atoms with Crippen LogP contribution in [0.15, 0.2) is 0 Å². The van der Waals surface area contributed by atoms with Gasteiger partial charge in [-0.05, 0) is 39.9 Å². The first-order chi connectivity index (χ1) is 6.75. The number of morpholine rings is 1. The maximum atomic E-state index is 5.57. The van der Waals surface area contributed by atoms with E-state index in [0.29, 0.717) is 6.10 Å². The molecule has 82 valence electrons. The number of hydrogen-bond acceptors (Lipinski definition) is 3. The molecule has 0 spiro atoms. The van der Waals surface area contributed by atoms with E-state index in [4.69, 9.17) is 4.74 Å². The second-order valence-electron chi connectivity index (χ2n) is 4.71. The summed E-state index contributed by atoms with van der Waals surface area (Å²) in [4.78, 5) is 5.06. The highest BCUT2D eigenvalue weighted by molar-refractivity contribution is 4.81. The molecule has 2 heterocycles. The van der Waals surface area contributed by atoms with Crippen LogP contribution >= 0.6 is 0 Å². The molecule has 1 atom stereocenters. The summed E-state index contributed by atoms with van der Waals surface area (Å²) in [5, 5.41) is 0. The van der Waals surface area contributed by atoms with Crippen molar-refractivity contribution in [1.82, 2.24) is 9.80 Å². The van der Waals surface area contributed by atoms with Crippen LogP contribution in [0.1, 0.15) is 19.8 Å². The van der Waals surface area contributed by atoms with Crippen molar-refractivity contribution in [2.75, 3.05) is 39.8 Å². The highest BCUT2D eigenvalue weighted by atomic mass is 16.5. The van der Waals surface area contributed by atoms with Crippen molar-refractivity contribution in [2.24, 2.45) is 0 Å². The van der Waals surface area contributed by atoms with Gasteiger partial charge in [-0.25, -0.2) is 0 Å². The van der Waals surface area contributed by atoms with Crippen LogP contribution in [0.4, 0.5) is 0 Å². The van der Waals surface area contributed by atoms with Gasteiger partial charge in [0, 0.05) is 19.1 Å². The van der Waals surface area contributed by atoms with Crippen LogP contribution < -0.4 is 0 Å². The third-order valence-corrected chi connectivity index (χ3v) is 3.48. The molecule has 2 rings (SSSR count). The minimum absolute atomic E-state index is 0.434. The summed E-state index contributed by atoms with van der Waals surface area (Å²) in [5.41, 5.74) is 0. The summed E-state index contributed by atoms with van der Waals surface area (Å²) in [6.45, 7) is 7.90. The summed E-state index contributed by atoms with van der Waals surface area (Å²) in [6.07, 6.45) is 3.11. The Balaban J connectivity index is 1.82. The van der Waals surface area contributed by atoms with Gasteiger partial charge < -0.3 is 9.64 Å². The predicted octanol–water partition coefficient (Wildman–Crippen LogP) is 0.801. The average Bonchev–Trinajstić information content (AvgIpc) is 2.19. The number of likely N-dealkylation sites (tertiary alicyclic amines) is 1. The maximum absolute atomic E-state index is 5.57. The van der Waals surface area contributed by atoms with Crippen molar-refractivity contribution in [3.05, 3.63) is 0 Å². The molecule has 0 N–H and O–H groups in total. The standard InChI is InChI=1S/C11H22N2O/c1-10-9-13(7-8-14-10)11-3-5-12(2)6-4-11/h10-11H,3-9H2,1-2H3/t10-/m0/s1. The van der Waals surface area contributed by atoms with Crippen LogP contribution in [-0.4, -0.2) is 61.8 Å². The molecule has 0 saturated carbocycles. The summed E-state index contributed by atoms with van der Waals surface area (Å²) < 4.78 is 5.57. The van der Waals surface area contributed by atoms with E-state index in [0.717, 1.165) is 25.7 Å². The Kier molecular flexibility index (Phi) is 3.42. The van der Waals surface area contributed by atoms with Gasteiger partial charge in [-0.15, -0.1) is 0 Å². The fourth-order valence-corrected chi connectivity index (χ4v) is 2.54. The van der Waals surface area contributed by atoms with E-state index in [-0.39, 0.29) is 0 Å². The van der Waals surface area contributed by atoms with Crippen LogP contribution in [-0.2, 0) is 4.74 Å². The monoisotopic (exact) mass is 198 g/mol. The lowest BCUT2D eigenvalue weighted by molar-refractivity contribution is -0.0423. The Hall–Kier alpha value is -0.120. The van der Waals surface area contributed by atoms with Gasteiger partial charge in [0.15, 0.2) is 0 Å². The van der Waals surface area contributed by atoms with E-state index in [1.165, 1.54) is 25.9 Å². The summed E-state index contributed by atoms with van der Waals surface area (Å²) in [6, 6.07) is 0.817. The first-order valence-electron chi connectivity index (χ1n) is 5.80. The van der Waals surface area contributed by atoms with E-state index < -0.39 is 0 Å². The number of rotatable bonds is 1. The zero-order valence-electron chi connectivity index (χ0n) is 9.41. The fourth-order valence-electron chi connectivity index (χ4n) is 2.54. The third-order valence-electron chi connectivity index (χ3n) is 3.48. The first-order valence-corrected chi connectivity index (χ1v) is 5.80. The highest BCUT2D eigenvalue weighted by Gasteiger charge is 2.26. The lowest BCUT2D eigenvalue weighted by Gasteiger charge is -2.40. The number of piperidine rings is 1. The highest BCUT2D eigenvalue weighted by Crippen LogP contribution is 2.18. The van der Waals surface area contributed by atoms with Crippen LogP contribution in [0.5, 0.6) is 0 Å². The summed E-state index contributed by atoms with van der Waals surface area (Å²) in [5.74, 6) is 0. The molecule has 0 amide bonds. The molecule has 0 aliphatic carbocycles. The smallest absolute Gasteiger partial charge is 0.0674 e. The van der Waals surface area contributed by atoms with Crippen LogP contribution in [0.25, 0.3) is 0 Å². The van der Waals surface area contributed by atoms with Crippen molar-refractivity contribution in [1.29, 1.82) is 0 Å². The average molecular weight is 198 g/mol. The Labute approximate surface area is 87.0 Å². The van der Waals surface area contributed by atoms with Gasteiger partial charge in [0.05, 0.1) is 12.7 Å². The Morgan fingerprint density at radius 3 is 2.50 bits per heavy atom. The molecule has 2 saturated heterocycles. The van der Waals surface area contributed by atoms with Crippen LogP contribution in [0, 0.1) is 0 Å². The molecular weight excluding hydrogens is 176 g/mol. The molecule has 0 bridgehead atoms. The van der Waals surface area contributed by atoms with Gasteiger partial charge in [-0.2, -0.15) is 0 Å². The maximum Gasteiger partial charge on any atom is 0.0674 e. The minimum atomic E-state index is 0.434. The Morgan fingerprint density at radius 2 is 1.86 bits per heavy atom. The quantitative estimate of drug-likeness (QED) is 0.620. The largest absolute Gasteiger partial charge is 0.376 e. The van der Waals surface area contributed by atoms with Gasteiger partial charge in [0.2, 0.25) is 0 Å². The topological polar surface area (TPSA) is 15.7 Å². The molecule has 0 unspecified atom stereocenters. The predicted molar refractivity (Wildman–Crippen MR) is 57.5 cm³/mol. The molecule has 2 aliphatic heterocycles. The number of ether oxygens (including phenoxy) is 1. The number of nitrogens with zero attached hydrogens (tertiary/aromatic N) is 2. The zero-order valence-corrected chi connectivity index (χ0v) is 9.41. The van der Waals surface area contributed by atoms with Crippen LogP contribution in [0.3, 0.4) is 0 Å². The summed E-state index contributed by atoms with van der Waals surface area (Å²) >= 11 is 0. The Bertz CT molecular complexity index is 178. The normalized spacial score (nSPS) is 33.4. The molecule has 2 aliphatic rings. The van der Waals surface area contributed by atoms with Crippen molar-refractivity contribution >= 4 is 0 Å². The molecule has 3 heteroatoms. The van der Waals surface area contributed by atoms with Crippen molar-refractivity contribution < 1.29 is 4.74 Å². The second-order valence-corrected chi connectivity index (χ2v) is 4.71. The fraction of sp³-hybridized carbons (Fsp3) is 1.00. The number of hydrogen-bond donors (Lipinski definition) is 0. The van der Waals surface area contributed by atoms with Crippen molar-refractivity contribution in [2.45, 2.75) is 31.9 Å². The Morgan fingerprint density at radius 1 is 1.14 bits per heavy atom. The molecule has 0 radical (unpaired) electrons. The van der Waals surface area contributed by atoms with Gasteiger partial charge >= 0.3 is 0 Å². The SMILES string of the molecule is C[C@H]1CN(C2CCN(C)CC2)CCO1. The van der Waals surface area contributed by atoms with E-state index in [9.17, 15) is 0 Å². The molecule has 0 aromatic rings. The van der Waals surface area contributed by atoms with E-state index in [1.807, 2.05) is 0 Å². The summed E-state index contributed by atoms with van der Waals surface area (Å²) in [7, 11) is 2.22. The molecule has 0 aromatic carbocycles. The minimum Gasteiger partial charge on any atom is -0.376 e. The van der Waals surface area contributed by atoms with Gasteiger partial charge in [0.1, 0.15) is 0 Å². The van der Waals surface area contributed by atoms with E-state index in [1.54, 1.807) is 0 Å². The van der Waals surface area contributed by atoms with Gasteiger partial charge in [-0.3, -0.25) is 4.90 Å². The van der Waals surface area contributed by atoms with Gasteiger partial charge in [0.25, 0.3) is 0 Å². The van der Waals surface area contributed by atoms with Crippen molar-refractivity contribution in [3.63, 3.8) is 0 Å². The van der Waals surface area contributed by atoms with Crippen LogP contribution in [0.2, 0.25) is 0 Å². The van der Waals surface area contributed by atoms with E-state index in [2.05, 4.69) is 23.8 Å². The third kappa shape index (κ3) is 2.47. The lowest BCUT2D eigenvalue weighted by atomic mass is 10.0. The van der Waals surface area contributed by atoms with Crippen molar-refractivity contribution in [3.8, 4) is 0 Å². The van der Waals surface area contributed by atoms with E-state index >= 15 is 0 Å². The molecular formula is C11H22N2O. The van der Waals surface area contributed by atoms with Gasteiger partial charge in [-0.1, -0.05) is 0 Å². The molecule has 14 heavy (non-hydrogen) atoms. The molecule has 0 aromatic heterocycles. The zero-order chi connectivity index (χ0) is 9.97. The molecule has 2 fully saturated rings. The second kappa shape index (κ2) is 4.60. The lowest BCUT2D eigenvalue weighted by Crippen LogP contribution is -2.50. The first kappa shape index (κ1) is 10.4. The molecule has 3 nitrogen and oxygen atoms in total.